The minimum atomic E-state index is -0.180. The quantitative estimate of drug-likeness (QED) is 0.168. The summed E-state index contributed by atoms with van der Waals surface area (Å²) in [5, 5.41) is 3.21. The highest BCUT2D eigenvalue weighted by molar-refractivity contribution is 5.74. The Morgan fingerprint density at radius 2 is 1.00 bits per heavy atom. The van der Waals surface area contributed by atoms with Gasteiger partial charge >= 0.3 is 5.97 Å². The van der Waals surface area contributed by atoms with Gasteiger partial charge in [-0.25, -0.2) is 0 Å². The van der Waals surface area contributed by atoms with Crippen LogP contribution in [0.1, 0.15) is 129 Å². The molecule has 1 atom stereocenters. The lowest BCUT2D eigenvalue weighted by molar-refractivity contribution is -0.142. The van der Waals surface area contributed by atoms with E-state index in [1.54, 1.807) is 0 Å². The Balaban J connectivity index is 3.08. The van der Waals surface area contributed by atoms with Crippen LogP contribution in [0.2, 0.25) is 0 Å². The Kier molecular flexibility index (Phi) is 21.3. The van der Waals surface area contributed by atoms with E-state index in [-0.39, 0.29) is 12.0 Å². The number of rotatable bonds is 21. The maximum absolute atomic E-state index is 11.3. The number of carbonyl (C=O) groups is 1. The Morgan fingerprint density at radius 1 is 0.667 bits per heavy atom. The highest BCUT2D eigenvalue weighted by Gasteiger charge is 2.10. The monoisotopic (exact) mass is 383 g/mol. The summed E-state index contributed by atoms with van der Waals surface area (Å²) in [7, 11) is 1.44. The molecule has 0 heterocycles. The summed E-state index contributed by atoms with van der Waals surface area (Å²) in [6.45, 7) is 5.06. The van der Waals surface area contributed by atoms with Crippen molar-refractivity contribution in [1.29, 1.82) is 0 Å². The van der Waals surface area contributed by atoms with E-state index in [0.717, 1.165) is 13.0 Å². The van der Waals surface area contributed by atoms with Gasteiger partial charge in [0.25, 0.3) is 0 Å². The molecule has 0 rings (SSSR count). The standard InChI is InChI=1S/C24H49NO2/c1-4-5-6-7-8-9-10-11-12-13-14-15-16-17-18-19-20-21-22-25-23(2)24(26)27-3/h23,25H,4-22H2,1-3H3. The predicted molar refractivity (Wildman–Crippen MR) is 118 cm³/mol. The van der Waals surface area contributed by atoms with Gasteiger partial charge in [0.2, 0.25) is 0 Å². The van der Waals surface area contributed by atoms with Crippen LogP contribution in [0, 0.1) is 0 Å². The largest absolute Gasteiger partial charge is 0.468 e. The summed E-state index contributed by atoms with van der Waals surface area (Å²) in [6.07, 6.45) is 25.2. The average molecular weight is 384 g/mol. The summed E-state index contributed by atoms with van der Waals surface area (Å²) in [5.41, 5.74) is 0. The van der Waals surface area contributed by atoms with Gasteiger partial charge in [0.15, 0.2) is 0 Å². The van der Waals surface area contributed by atoms with Crippen molar-refractivity contribution in [2.75, 3.05) is 13.7 Å². The number of ether oxygens (including phenoxy) is 1. The third-order valence-corrected chi connectivity index (χ3v) is 5.54. The van der Waals surface area contributed by atoms with Crippen molar-refractivity contribution in [2.24, 2.45) is 0 Å². The van der Waals surface area contributed by atoms with Crippen LogP contribution in [0.25, 0.3) is 0 Å². The van der Waals surface area contributed by atoms with E-state index in [1.807, 2.05) is 6.92 Å². The molecule has 0 aromatic carbocycles. The fraction of sp³-hybridized carbons (Fsp3) is 0.958. The van der Waals surface area contributed by atoms with Gasteiger partial charge in [-0.05, 0) is 19.9 Å². The molecule has 0 aliphatic rings. The van der Waals surface area contributed by atoms with Crippen molar-refractivity contribution in [3.63, 3.8) is 0 Å². The topological polar surface area (TPSA) is 38.3 Å². The molecule has 3 nitrogen and oxygen atoms in total. The molecular formula is C24H49NO2. The van der Waals surface area contributed by atoms with Gasteiger partial charge in [-0.15, -0.1) is 0 Å². The molecule has 3 heteroatoms. The molecule has 0 spiro atoms. The molecule has 0 radical (unpaired) electrons. The first-order valence-electron chi connectivity index (χ1n) is 12.0. The minimum Gasteiger partial charge on any atom is -0.468 e. The summed E-state index contributed by atoms with van der Waals surface area (Å²) in [6, 6.07) is -0.180. The van der Waals surface area contributed by atoms with Crippen LogP contribution in [-0.2, 0) is 9.53 Å². The maximum Gasteiger partial charge on any atom is 0.322 e. The third-order valence-electron chi connectivity index (χ3n) is 5.54. The van der Waals surface area contributed by atoms with E-state index >= 15 is 0 Å². The molecule has 1 unspecified atom stereocenters. The second-order valence-corrected chi connectivity index (χ2v) is 8.21. The Hall–Kier alpha value is -0.570. The van der Waals surface area contributed by atoms with Crippen LogP contribution < -0.4 is 5.32 Å². The molecule has 0 amide bonds. The second-order valence-electron chi connectivity index (χ2n) is 8.21. The molecule has 0 aromatic heterocycles. The molecule has 27 heavy (non-hydrogen) atoms. The van der Waals surface area contributed by atoms with Crippen LogP contribution in [-0.4, -0.2) is 25.7 Å². The first-order valence-corrected chi connectivity index (χ1v) is 12.0. The lowest BCUT2D eigenvalue weighted by Gasteiger charge is -2.10. The van der Waals surface area contributed by atoms with Gasteiger partial charge in [0.1, 0.15) is 6.04 Å². The number of nitrogens with one attached hydrogen (secondary N) is 1. The number of esters is 1. The van der Waals surface area contributed by atoms with Crippen molar-refractivity contribution in [2.45, 2.75) is 135 Å². The number of carbonyl (C=O) groups excluding carboxylic acids is 1. The van der Waals surface area contributed by atoms with Gasteiger partial charge in [-0.2, -0.15) is 0 Å². The van der Waals surface area contributed by atoms with Gasteiger partial charge in [-0.1, -0.05) is 116 Å². The normalized spacial score (nSPS) is 12.3. The average Bonchev–Trinajstić information content (AvgIpc) is 2.68. The van der Waals surface area contributed by atoms with E-state index in [0.29, 0.717) is 0 Å². The highest BCUT2D eigenvalue weighted by Crippen LogP contribution is 2.14. The number of unbranched alkanes of at least 4 members (excludes halogenated alkanes) is 17. The van der Waals surface area contributed by atoms with Crippen molar-refractivity contribution >= 4 is 5.97 Å². The Labute approximate surface area is 170 Å². The summed E-state index contributed by atoms with van der Waals surface area (Å²) < 4.78 is 4.70. The van der Waals surface area contributed by atoms with Crippen LogP contribution in [0.3, 0.4) is 0 Å². The number of hydrogen-bond acceptors (Lipinski definition) is 3. The molecule has 0 aliphatic carbocycles. The SMILES string of the molecule is CCCCCCCCCCCCCCCCCCCCNC(C)C(=O)OC. The zero-order valence-electron chi connectivity index (χ0n) is 18.8. The summed E-state index contributed by atoms with van der Waals surface area (Å²) >= 11 is 0. The van der Waals surface area contributed by atoms with Crippen LogP contribution in [0.5, 0.6) is 0 Å². The summed E-state index contributed by atoms with van der Waals surface area (Å²) in [5.74, 6) is -0.169. The molecule has 0 aliphatic heterocycles. The van der Waals surface area contributed by atoms with Gasteiger partial charge in [0.05, 0.1) is 7.11 Å². The maximum atomic E-state index is 11.3. The smallest absolute Gasteiger partial charge is 0.322 e. The number of hydrogen-bond donors (Lipinski definition) is 1. The summed E-state index contributed by atoms with van der Waals surface area (Å²) in [4.78, 5) is 11.3. The molecule has 0 saturated carbocycles. The van der Waals surface area contributed by atoms with E-state index in [9.17, 15) is 4.79 Å². The molecular weight excluding hydrogens is 334 g/mol. The number of methoxy groups -OCH3 is 1. The van der Waals surface area contributed by atoms with Crippen LogP contribution >= 0.6 is 0 Å². The van der Waals surface area contributed by atoms with Crippen molar-refractivity contribution in [3.05, 3.63) is 0 Å². The lowest BCUT2D eigenvalue weighted by atomic mass is 10.0. The molecule has 0 fully saturated rings. The molecule has 162 valence electrons. The third kappa shape index (κ3) is 20.0. The van der Waals surface area contributed by atoms with Crippen LogP contribution in [0.4, 0.5) is 0 Å². The van der Waals surface area contributed by atoms with E-state index in [4.69, 9.17) is 4.74 Å². The lowest BCUT2D eigenvalue weighted by Crippen LogP contribution is -2.35. The van der Waals surface area contributed by atoms with Gasteiger partial charge in [0, 0.05) is 0 Å². The molecule has 0 saturated heterocycles. The predicted octanol–water partition coefficient (Wildman–Crippen LogP) is 7.18. The van der Waals surface area contributed by atoms with Gasteiger partial charge < -0.3 is 10.1 Å². The Bertz CT molecular complexity index is 307. The zero-order valence-corrected chi connectivity index (χ0v) is 18.8. The first kappa shape index (κ1) is 26.4. The van der Waals surface area contributed by atoms with Crippen molar-refractivity contribution < 1.29 is 9.53 Å². The second kappa shape index (κ2) is 21.7. The van der Waals surface area contributed by atoms with Crippen molar-refractivity contribution in [1.82, 2.24) is 5.32 Å². The van der Waals surface area contributed by atoms with Crippen LogP contribution in [0.15, 0.2) is 0 Å². The fourth-order valence-electron chi connectivity index (χ4n) is 3.61. The first-order chi connectivity index (χ1) is 13.2. The Morgan fingerprint density at radius 3 is 1.33 bits per heavy atom. The zero-order chi connectivity index (χ0) is 20.0. The fourth-order valence-corrected chi connectivity index (χ4v) is 3.61. The van der Waals surface area contributed by atoms with Gasteiger partial charge in [-0.3, -0.25) is 4.79 Å². The highest BCUT2D eigenvalue weighted by atomic mass is 16.5. The van der Waals surface area contributed by atoms with E-state index in [1.165, 1.54) is 116 Å². The van der Waals surface area contributed by atoms with Crippen molar-refractivity contribution in [3.8, 4) is 0 Å². The minimum absolute atomic E-state index is 0.169. The molecule has 1 N–H and O–H groups in total. The molecule has 0 bridgehead atoms. The van der Waals surface area contributed by atoms with E-state index in [2.05, 4.69) is 12.2 Å². The molecule has 0 aromatic rings. The van der Waals surface area contributed by atoms with E-state index < -0.39 is 0 Å².